The Labute approximate surface area is 105 Å². The lowest BCUT2D eigenvalue weighted by Gasteiger charge is -2.15. The summed E-state index contributed by atoms with van der Waals surface area (Å²) in [5.41, 5.74) is 0. The Hall–Kier alpha value is 0.280. The first kappa shape index (κ1) is 14.3. The van der Waals surface area contributed by atoms with Crippen molar-refractivity contribution in [1.29, 1.82) is 0 Å². The van der Waals surface area contributed by atoms with Gasteiger partial charge in [0.25, 0.3) is 0 Å². The summed E-state index contributed by atoms with van der Waals surface area (Å²) < 4.78 is 0.106. The molecule has 0 fully saturated rings. The van der Waals surface area contributed by atoms with Gasteiger partial charge >= 0.3 is 0 Å². The second kappa shape index (κ2) is 5.99. The van der Waals surface area contributed by atoms with Gasteiger partial charge in [-0.3, -0.25) is 4.79 Å². The summed E-state index contributed by atoms with van der Waals surface area (Å²) in [6.07, 6.45) is 0.636. The first-order valence-corrected chi connectivity index (χ1v) is 7.75. The quantitative estimate of drug-likeness (QED) is 0.537. The molecule has 0 aliphatic heterocycles. The van der Waals surface area contributed by atoms with Gasteiger partial charge in [-0.15, -0.1) is 0 Å². The maximum absolute atomic E-state index is 11.0. The van der Waals surface area contributed by atoms with Crippen LogP contribution in [0.2, 0.25) is 0 Å². The molecule has 0 saturated heterocycles. The third-order valence-corrected chi connectivity index (χ3v) is 5.46. The zero-order valence-electron chi connectivity index (χ0n) is 8.21. The van der Waals surface area contributed by atoms with Gasteiger partial charge in [0.1, 0.15) is 6.16 Å². The fraction of sp³-hybridized carbons (Fsp3) is 0.300. The molecule has 0 radical (unpaired) electrons. The molecule has 0 aliphatic rings. The van der Waals surface area contributed by atoms with Crippen LogP contribution in [0.25, 0.3) is 0 Å². The van der Waals surface area contributed by atoms with Crippen LogP contribution in [0.4, 0.5) is 0 Å². The predicted molar refractivity (Wildman–Crippen MR) is 63.6 cm³/mol. The normalized spacial score (nSPS) is 10.5. The lowest BCUT2D eigenvalue weighted by Crippen LogP contribution is -3.00. The van der Waals surface area contributed by atoms with Gasteiger partial charge in [0.15, 0.2) is 0 Å². The van der Waals surface area contributed by atoms with E-state index in [4.69, 9.17) is 0 Å². The van der Waals surface area contributed by atoms with Crippen LogP contribution < -0.4 is 22.3 Å². The maximum Gasteiger partial charge on any atom is 0.235 e. The number of hydrogen-bond donors (Lipinski definition) is 0. The van der Waals surface area contributed by atoms with Crippen LogP contribution in [0.1, 0.15) is 0 Å². The van der Waals surface area contributed by atoms with Crippen LogP contribution in [0, 0.1) is 0 Å². The fourth-order valence-corrected chi connectivity index (χ4v) is 4.90. The van der Waals surface area contributed by atoms with E-state index in [-0.39, 0.29) is 21.7 Å². The van der Waals surface area contributed by atoms with E-state index in [1.807, 2.05) is 18.2 Å². The van der Waals surface area contributed by atoms with E-state index in [0.29, 0.717) is 6.16 Å². The number of rotatable bonds is 3. The van der Waals surface area contributed by atoms with E-state index in [1.54, 1.807) is 0 Å². The monoisotopic (exact) mass is 338 g/mol. The van der Waals surface area contributed by atoms with E-state index in [2.05, 4.69) is 41.4 Å². The first-order chi connectivity index (χ1) is 6.02. The van der Waals surface area contributed by atoms with E-state index >= 15 is 0 Å². The summed E-state index contributed by atoms with van der Waals surface area (Å²) in [5, 5.41) is 1.31. The molecule has 0 atom stereocenters. The second-order valence-corrected chi connectivity index (χ2v) is 8.62. The number of carbonyl (C=O) groups is 1. The van der Waals surface area contributed by atoms with Crippen molar-refractivity contribution in [2.75, 3.05) is 19.5 Å². The van der Waals surface area contributed by atoms with Crippen LogP contribution in [-0.4, -0.2) is 24.2 Å². The Balaban J connectivity index is 0.00000169. The molecule has 14 heavy (non-hydrogen) atoms. The van der Waals surface area contributed by atoms with Crippen LogP contribution in [-0.2, 0) is 4.79 Å². The number of hydrogen-bond acceptors (Lipinski definition) is 1. The van der Waals surface area contributed by atoms with Crippen molar-refractivity contribution in [3.05, 3.63) is 30.3 Å². The molecule has 4 heteroatoms. The van der Waals surface area contributed by atoms with Gasteiger partial charge in [-0.1, -0.05) is 18.2 Å². The molecule has 1 aromatic rings. The Morgan fingerprint density at radius 3 is 2.21 bits per heavy atom. The van der Waals surface area contributed by atoms with Crippen LogP contribution >= 0.6 is 23.2 Å². The van der Waals surface area contributed by atoms with Gasteiger partial charge in [0, 0.05) is 7.26 Å². The highest BCUT2D eigenvalue weighted by Crippen LogP contribution is 2.49. The van der Waals surface area contributed by atoms with Crippen molar-refractivity contribution in [1.82, 2.24) is 0 Å². The molecule has 0 heterocycles. The molecule has 0 N–H and O–H groups in total. The van der Waals surface area contributed by atoms with Crippen LogP contribution in [0.3, 0.4) is 0 Å². The Kier molecular flexibility index (Phi) is 6.11. The Morgan fingerprint density at radius 1 is 1.29 bits per heavy atom. The third kappa shape index (κ3) is 4.20. The van der Waals surface area contributed by atoms with Crippen molar-refractivity contribution in [2.24, 2.45) is 0 Å². The first-order valence-electron chi connectivity index (χ1n) is 4.09. The molecule has 0 saturated carbocycles. The molecule has 1 rings (SSSR count). The summed E-state index contributed by atoms with van der Waals surface area (Å²) in [5.74, 6) is 0. The number of carbonyl (C=O) groups excluding carboxylic acids is 1. The van der Waals surface area contributed by atoms with Crippen molar-refractivity contribution >= 4 is 33.2 Å². The average Bonchev–Trinajstić information content (AvgIpc) is 2.04. The Morgan fingerprint density at radius 2 is 1.79 bits per heavy atom. The van der Waals surface area contributed by atoms with Gasteiger partial charge in [-0.05, 0) is 28.1 Å². The zero-order chi connectivity index (χ0) is 9.90. The molecular formula is C10H13Br2OP. The highest BCUT2D eigenvalue weighted by atomic mass is 79.9. The molecule has 0 bridgehead atoms. The molecule has 0 spiro atoms. The minimum atomic E-state index is -1.25. The predicted octanol–water partition coefficient (Wildman–Crippen LogP) is -0.485. The summed E-state index contributed by atoms with van der Waals surface area (Å²) >= 11 is 3.00. The smallest absolute Gasteiger partial charge is 0.235 e. The summed E-state index contributed by atoms with van der Waals surface area (Å²) in [6.45, 7) is 4.36. The minimum Gasteiger partial charge on any atom is -1.00 e. The van der Waals surface area contributed by atoms with E-state index < -0.39 is 7.26 Å². The van der Waals surface area contributed by atoms with E-state index in [1.165, 1.54) is 5.30 Å². The lowest BCUT2D eigenvalue weighted by atomic mass is 10.4. The molecule has 1 nitrogen and oxygen atoms in total. The van der Waals surface area contributed by atoms with Crippen molar-refractivity contribution in [2.45, 2.75) is 0 Å². The van der Waals surface area contributed by atoms with Gasteiger partial charge in [-0.25, -0.2) is 0 Å². The molecule has 0 aliphatic carbocycles. The maximum atomic E-state index is 11.0. The standard InChI is InChI=1S/C10H13BrOP.BrH/c1-13(2,8-10(11)12)9-6-4-3-5-7-9;/h3-7H,8H2,1-2H3;1H/q+1;/p-1. The summed E-state index contributed by atoms with van der Waals surface area (Å²) in [6, 6.07) is 10.2. The second-order valence-electron chi connectivity index (χ2n) is 3.53. The van der Waals surface area contributed by atoms with E-state index in [0.717, 1.165) is 0 Å². The lowest BCUT2D eigenvalue weighted by molar-refractivity contribution is -0.108. The number of halogens is 2. The number of benzene rings is 1. The molecule has 78 valence electrons. The van der Waals surface area contributed by atoms with Crippen molar-refractivity contribution in [3.8, 4) is 0 Å². The highest BCUT2D eigenvalue weighted by Gasteiger charge is 2.30. The molecule has 0 unspecified atom stereocenters. The summed E-state index contributed by atoms with van der Waals surface area (Å²) in [4.78, 5) is 11.0. The molecule has 1 aromatic carbocycles. The fourth-order valence-electron chi connectivity index (χ4n) is 1.23. The van der Waals surface area contributed by atoms with E-state index in [9.17, 15) is 4.79 Å². The minimum absolute atomic E-state index is 0. The van der Waals surface area contributed by atoms with Gasteiger partial charge in [0.2, 0.25) is 4.69 Å². The van der Waals surface area contributed by atoms with Crippen LogP contribution in [0.5, 0.6) is 0 Å². The molecule has 0 amide bonds. The zero-order valence-corrected chi connectivity index (χ0v) is 12.3. The highest BCUT2D eigenvalue weighted by molar-refractivity contribution is 9.18. The molecular weight excluding hydrogens is 327 g/mol. The SMILES string of the molecule is C[P+](C)(CC(=O)Br)c1ccccc1.[Br-]. The summed E-state index contributed by atoms with van der Waals surface area (Å²) in [7, 11) is -1.25. The largest absolute Gasteiger partial charge is 1.00 e. The average molecular weight is 340 g/mol. The van der Waals surface area contributed by atoms with Crippen LogP contribution in [0.15, 0.2) is 30.3 Å². The molecule has 0 aromatic heterocycles. The Bertz CT molecular complexity index is 298. The van der Waals surface area contributed by atoms with Gasteiger partial charge in [-0.2, -0.15) is 0 Å². The topological polar surface area (TPSA) is 17.1 Å². The third-order valence-electron chi connectivity index (χ3n) is 1.97. The van der Waals surface area contributed by atoms with Gasteiger partial charge in [0.05, 0.1) is 18.6 Å². The van der Waals surface area contributed by atoms with Crippen molar-refractivity contribution in [3.63, 3.8) is 0 Å². The van der Waals surface area contributed by atoms with Gasteiger partial charge < -0.3 is 17.0 Å². The van der Waals surface area contributed by atoms with Crippen molar-refractivity contribution < 1.29 is 21.8 Å².